The number of rotatable bonds is 7. The number of aliphatic hydroxyl groups excluding tert-OH is 1. The zero-order valence-electron chi connectivity index (χ0n) is 12.5. The summed E-state index contributed by atoms with van der Waals surface area (Å²) in [5.74, 6) is 0. The lowest BCUT2D eigenvalue weighted by molar-refractivity contribution is -0.384. The number of non-ortho nitro benzene ring substituents is 1. The number of nitro groups is 1. The van der Waals surface area contributed by atoms with Crippen LogP contribution in [0.2, 0.25) is 0 Å². The van der Waals surface area contributed by atoms with Gasteiger partial charge in [0.25, 0.3) is 5.69 Å². The van der Waals surface area contributed by atoms with Gasteiger partial charge in [-0.2, -0.15) is 0 Å². The number of nitro benzene ring substituents is 1. The summed E-state index contributed by atoms with van der Waals surface area (Å²) in [5, 5.41) is 23.5. The summed E-state index contributed by atoms with van der Waals surface area (Å²) >= 11 is 0. The van der Waals surface area contributed by atoms with Crippen LogP contribution in [0.3, 0.4) is 0 Å². The maximum Gasteiger partial charge on any atom is 0.269 e. The van der Waals surface area contributed by atoms with E-state index in [0.29, 0.717) is 6.42 Å². The summed E-state index contributed by atoms with van der Waals surface area (Å²) in [5.41, 5.74) is 1.95. The van der Waals surface area contributed by atoms with Crippen molar-refractivity contribution in [3.05, 3.63) is 75.8 Å². The molecule has 0 heterocycles. The average molecular weight is 300 g/mol. The van der Waals surface area contributed by atoms with E-state index in [1.165, 1.54) is 6.07 Å². The first kappa shape index (κ1) is 16.1. The zero-order chi connectivity index (χ0) is 15.9. The number of nitrogens with zero attached hydrogens (tertiary/aromatic N) is 1. The number of benzene rings is 2. The molecule has 0 saturated carbocycles. The average Bonchev–Trinajstić information content (AvgIpc) is 2.54. The Morgan fingerprint density at radius 2 is 1.82 bits per heavy atom. The van der Waals surface area contributed by atoms with Crippen LogP contribution in [0.5, 0.6) is 0 Å². The minimum absolute atomic E-state index is 0.0787. The van der Waals surface area contributed by atoms with Crippen molar-refractivity contribution in [3.63, 3.8) is 0 Å². The van der Waals surface area contributed by atoms with E-state index in [0.717, 1.165) is 11.1 Å². The Labute approximate surface area is 129 Å². The summed E-state index contributed by atoms with van der Waals surface area (Å²) in [4.78, 5) is 10.6. The molecule has 2 aromatic rings. The van der Waals surface area contributed by atoms with Crippen LogP contribution < -0.4 is 5.32 Å². The molecule has 2 aromatic carbocycles. The van der Waals surface area contributed by atoms with Crippen molar-refractivity contribution in [1.29, 1.82) is 0 Å². The third-order valence-corrected chi connectivity index (χ3v) is 3.56. The van der Waals surface area contributed by atoms with Crippen LogP contribution in [0.1, 0.15) is 30.5 Å². The second-order valence-corrected chi connectivity index (χ2v) is 5.28. The van der Waals surface area contributed by atoms with Gasteiger partial charge in [-0.3, -0.25) is 10.1 Å². The van der Waals surface area contributed by atoms with E-state index >= 15 is 0 Å². The molecule has 5 nitrogen and oxygen atoms in total. The summed E-state index contributed by atoms with van der Waals surface area (Å²) in [6, 6.07) is 16.4. The van der Waals surface area contributed by atoms with E-state index in [1.807, 2.05) is 43.3 Å². The summed E-state index contributed by atoms with van der Waals surface area (Å²) in [7, 11) is 0. The Morgan fingerprint density at radius 3 is 2.45 bits per heavy atom. The van der Waals surface area contributed by atoms with Gasteiger partial charge in [0.05, 0.1) is 11.0 Å². The second kappa shape index (κ2) is 7.68. The lowest BCUT2D eigenvalue weighted by Crippen LogP contribution is -2.32. The molecule has 0 aliphatic carbocycles. The molecule has 0 aliphatic rings. The molecule has 1 unspecified atom stereocenters. The fraction of sp³-hybridized carbons (Fsp3) is 0.294. The van der Waals surface area contributed by atoms with Gasteiger partial charge in [-0.05, 0) is 24.5 Å². The van der Waals surface area contributed by atoms with E-state index < -0.39 is 0 Å². The molecule has 0 radical (unpaired) electrons. The van der Waals surface area contributed by atoms with Crippen LogP contribution in [-0.2, 0) is 0 Å². The van der Waals surface area contributed by atoms with Gasteiger partial charge < -0.3 is 10.4 Å². The van der Waals surface area contributed by atoms with Gasteiger partial charge in [-0.25, -0.2) is 0 Å². The predicted molar refractivity (Wildman–Crippen MR) is 85.7 cm³/mol. The first-order valence-corrected chi connectivity index (χ1v) is 7.28. The highest BCUT2D eigenvalue weighted by molar-refractivity contribution is 5.40. The quantitative estimate of drug-likeness (QED) is 0.609. The van der Waals surface area contributed by atoms with Crippen molar-refractivity contribution in [2.45, 2.75) is 25.4 Å². The molecule has 0 spiro atoms. The van der Waals surface area contributed by atoms with Gasteiger partial charge in [0, 0.05) is 24.8 Å². The summed E-state index contributed by atoms with van der Waals surface area (Å²) in [6.07, 6.45) is 0.623. The number of hydrogen-bond acceptors (Lipinski definition) is 4. The molecule has 5 heteroatoms. The standard InChI is InChI=1S/C17H20N2O3/c1-13(10-11-20)18-17(14-6-3-2-4-7-14)15-8-5-9-16(12-15)19(21)22/h2-9,12-13,17-18,20H,10-11H2,1H3/t13-,17?/m1/s1. The first-order chi connectivity index (χ1) is 10.6. The molecule has 0 amide bonds. The van der Waals surface area contributed by atoms with Gasteiger partial charge in [-0.15, -0.1) is 0 Å². The van der Waals surface area contributed by atoms with Crippen molar-refractivity contribution in [1.82, 2.24) is 5.32 Å². The largest absolute Gasteiger partial charge is 0.396 e. The van der Waals surface area contributed by atoms with E-state index in [9.17, 15) is 10.1 Å². The molecule has 0 fully saturated rings. The van der Waals surface area contributed by atoms with E-state index in [1.54, 1.807) is 12.1 Å². The molecule has 2 atom stereocenters. The SMILES string of the molecule is C[C@H](CCO)NC(c1ccccc1)c1cccc([N+](=O)[O-])c1. The maximum atomic E-state index is 11.0. The van der Waals surface area contributed by atoms with Gasteiger partial charge >= 0.3 is 0 Å². The Hall–Kier alpha value is -2.24. The predicted octanol–water partition coefficient (Wildman–Crippen LogP) is 3.04. The van der Waals surface area contributed by atoms with Crippen molar-refractivity contribution in [2.75, 3.05) is 6.61 Å². The van der Waals surface area contributed by atoms with Crippen molar-refractivity contribution < 1.29 is 10.0 Å². The highest BCUT2D eigenvalue weighted by atomic mass is 16.6. The highest BCUT2D eigenvalue weighted by Crippen LogP contribution is 2.26. The molecular formula is C17H20N2O3. The topological polar surface area (TPSA) is 75.4 Å². The minimum Gasteiger partial charge on any atom is -0.396 e. The van der Waals surface area contributed by atoms with Crippen LogP contribution in [0.15, 0.2) is 54.6 Å². The number of nitrogens with one attached hydrogen (secondary N) is 1. The normalized spacial score (nSPS) is 13.5. The smallest absolute Gasteiger partial charge is 0.269 e. The molecule has 116 valence electrons. The van der Waals surface area contributed by atoms with E-state index in [-0.39, 0.29) is 29.3 Å². The Balaban J connectivity index is 2.35. The van der Waals surface area contributed by atoms with Crippen LogP contribution in [0, 0.1) is 10.1 Å². The Kier molecular flexibility index (Phi) is 5.63. The monoisotopic (exact) mass is 300 g/mol. The molecule has 2 rings (SSSR count). The third-order valence-electron chi connectivity index (χ3n) is 3.56. The summed E-state index contributed by atoms with van der Waals surface area (Å²) < 4.78 is 0. The van der Waals surface area contributed by atoms with Crippen molar-refractivity contribution in [2.24, 2.45) is 0 Å². The van der Waals surface area contributed by atoms with Gasteiger partial charge in [0.1, 0.15) is 0 Å². The van der Waals surface area contributed by atoms with E-state index in [4.69, 9.17) is 5.11 Å². The van der Waals surface area contributed by atoms with Crippen LogP contribution in [0.25, 0.3) is 0 Å². The van der Waals surface area contributed by atoms with Crippen LogP contribution in [-0.4, -0.2) is 22.7 Å². The van der Waals surface area contributed by atoms with Gasteiger partial charge in [0.2, 0.25) is 0 Å². The number of hydrogen-bond donors (Lipinski definition) is 2. The van der Waals surface area contributed by atoms with Gasteiger partial charge in [0.15, 0.2) is 0 Å². The fourth-order valence-corrected chi connectivity index (χ4v) is 2.41. The lowest BCUT2D eigenvalue weighted by Gasteiger charge is -2.24. The molecule has 22 heavy (non-hydrogen) atoms. The summed E-state index contributed by atoms with van der Waals surface area (Å²) in [6.45, 7) is 2.09. The number of aliphatic hydroxyl groups is 1. The van der Waals surface area contributed by atoms with Gasteiger partial charge in [-0.1, -0.05) is 42.5 Å². The first-order valence-electron chi connectivity index (χ1n) is 7.28. The van der Waals surface area contributed by atoms with Crippen LogP contribution in [0.4, 0.5) is 5.69 Å². The minimum atomic E-state index is -0.386. The Bertz CT molecular complexity index is 616. The zero-order valence-corrected chi connectivity index (χ0v) is 12.5. The van der Waals surface area contributed by atoms with E-state index in [2.05, 4.69) is 5.32 Å². The van der Waals surface area contributed by atoms with Crippen molar-refractivity contribution in [3.8, 4) is 0 Å². The van der Waals surface area contributed by atoms with Crippen LogP contribution >= 0.6 is 0 Å². The molecular weight excluding hydrogens is 280 g/mol. The Morgan fingerprint density at radius 1 is 1.14 bits per heavy atom. The molecule has 0 saturated heterocycles. The second-order valence-electron chi connectivity index (χ2n) is 5.28. The maximum absolute atomic E-state index is 11.0. The molecule has 0 aromatic heterocycles. The van der Waals surface area contributed by atoms with Crippen molar-refractivity contribution >= 4 is 5.69 Å². The molecule has 0 aliphatic heterocycles. The molecule has 2 N–H and O–H groups in total. The highest BCUT2D eigenvalue weighted by Gasteiger charge is 2.18. The lowest BCUT2D eigenvalue weighted by atomic mass is 9.97. The third kappa shape index (κ3) is 4.13. The fourth-order valence-electron chi connectivity index (χ4n) is 2.41. The molecule has 0 bridgehead atoms.